The van der Waals surface area contributed by atoms with Crippen molar-refractivity contribution in [2.45, 2.75) is 6.61 Å². The van der Waals surface area contributed by atoms with E-state index in [1.807, 2.05) is 6.07 Å². The molecule has 110 valence electrons. The van der Waals surface area contributed by atoms with Gasteiger partial charge < -0.3 is 24.3 Å². The number of hydrogen-bond acceptors (Lipinski definition) is 6. The van der Waals surface area contributed by atoms with Gasteiger partial charge in [-0.05, 0) is 30.3 Å². The smallest absolute Gasteiger partial charge is 0.492 e. The van der Waals surface area contributed by atoms with Crippen molar-refractivity contribution in [3.63, 3.8) is 0 Å². The highest BCUT2D eigenvalue weighted by atomic mass is 16.5. The molecule has 0 aliphatic heterocycles. The van der Waals surface area contributed by atoms with E-state index < -0.39 is 7.12 Å². The molecule has 1 aromatic carbocycles. The SMILES string of the molecule is COc1ccc(OCc2cccnc2OC)c(B(O)O)c1. The maximum absolute atomic E-state index is 9.41. The van der Waals surface area contributed by atoms with Crippen molar-refractivity contribution in [3.05, 3.63) is 42.1 Å². The summed E-state index contributed by atoms with van der Waals surface area (Å²) in [5.41, 5.74) is 0.992. The molecule has 2 rings (SSSR count). The van der Waals surface area contributed by atoms with E-state index in [0.29, 0.717) is 17.4 Å². The number of aromatic nitrogens is 1. The van der Waals surface area contributed by atoms with Gasteiger partial charge in [0.15, 0.2) is 0 Å². The van der Waals surface area contributed by atoms with Gasteiger partial charge >= 0.3 is 7.12 Å². The van der Waals surface area contributed by atoms with Crippen LogP contribution < -0.4 is 19.7 Å². The molecule has 6 nitrogen and oxygen atoms in total. The van der Waals surface area contributed by atoms with Crippen LogP contribution in [0, 0.1) is 0 Å². The maximum atomic E-state index is 9.41. The topological polar surface area (TPSA) is 81.0 Å². The Balaban J connectivity index is 2.19. The third-order valence-corrected chi connectivity index (χ3v) is 2.92. The molecule has 21 heavy (non-hydrogen) atoms. The van der Waals surface area contributed by atoms with Crippen LogP contribution in [-0.2, 0) is 6.61 Å². The molecular formula is C14H16BNO5. The summed E-state index contributed by atoms with van der Waals surface area (Å²) in [6, 6.07) is 8.42. The highest BCUT2D eigenvalue weighted by Crippen LogP contribution is 2.19. The zero-order valence-corrected chi connectivity index (χ0v) is 11.8. The number of hydrogen-bond donors (Lipinski definition) is 2. The summed E-state index contributed by atoms with van der Waals surface area (Å²) in [6.45, 7) is 0.197. The number of benzene rings is 1. The zero-order valence-electron chi connectivity index (χ0n) is 11.8. The van der Waals surface area contributed by atoms with Crippen LogP contribution >= 0.6 is 0 Å². The molecule has 0 amide bonds. The highest BCUT2D eigenvalue weighted by Gasteiger charge is 2.18. The molecule has 0 bridgehead atoms. The fraction of sp³-hybridized carbons (Fsp3) is 0.214. The molecule has 0 fully saturated rings. The van der Waals surface area contributed by atoms with E-state index >= 15 is 0 Å². The molecule has 1 aromatic heterocycles. The summed E-state index contributed by atoms with van der Waals surface area (Å²) >= 11 is 0. The van der Waals surface area contributed by atoms with E-state index in [1.165, 1.54) is 20.3 Å². The number of rotatable bonds is 6. The third-order valence-electron chi connectivity index (χ3n) is 2.92. The third kappa shape index (κ3) is 3.65. The summed E-state index contributed by atoms with van der Waals surface area (Å²) in [4.78, 5) is 4.07. The van der Waals surface area contributed by atoms with Crippen LogP contribution in [0.3, 0.4) is 0 Å². The fourth-order valence-electron chi connectivity index (χ4n) is 1.86. The first-order valence-corrected chi connectivity index (χ1v) is 6.30. The first-order chi connectivity index (χ1) is 10.2. The van der Waals surface area contributed by atoms with Crippen molar-refractivity contribution in [2.24, 2.45) is 0 Å². The maximum Gasteiger partial charge on any atom is 0.492 e. The monoisotopic (exact) mass is 289 g/mol. The van der Waals surface area contributed by atoms with Crippen LogP contribution in [0.25, 0.3) is 0 Å². The molecule has 0 saturated carbocycles. The van der Waals surface area contributed by atoms with Gasteiger partial charge in [0.1, 0.15) is 18.1 Å². The van der Waals surface area contributed by atoms with Gasteiger partial charge in [0, 0.05) is 11.7 Å². The minimum Gasteiger partial charge on any atom is -0.497 e. The van der Waals surface area contributed by atoms with Crippen LogP contribution in [-0.4, -0.2) is 36.4 Å². The van der Waals surface area contributed by atoms with Crippen molar-refractivity contribution >= 4 is 12.6 Å². The van der Waals surface area contributed by atoms with Gasteiger partial charge in [-0.25, -0.2) is 4.98 Å². The van der Waals surface area contributed by atoms with Crippen molar-refractivity contribution in [2.75, 3.05) is 14.2 Å². The van der Waals surface area contributed by atoms with Crippen molar-refractivity contribution in [3.8, 4) is 17.4 Å². The van der Waals surface area contributed by atoms with E-state index in [2.05, 4.69) is 4.98 Å². The Morgan fingerprint density at radius 2 is 1.95 bits per heavy atom. The summed E-state index contributed by atoms with van der Waals surface area (Å²) in [5, 5.41) is 18.8. The minimum absolute atomic E-state index is 0.197. The normalized spacial score (nSPS) is 10.1. The summed E-state index contributed by atoms with van der Waals surface area (Å²) in [5.74, 6) is 1.35. The standard InChI is InChI=1S/C14H16BNO5/c1-19-11-5-6-13(12(8-11)15(17)18)21-9-10-4-3-7-16-14(10)20-2/h3-8,17-18H,9H2,1-2H3. The van der Waals surface area contributed by atoms with Crippen LogP contribution in [0.4, 0.5) is 0 Å². The van der Waals surface area contributed by atoms with Crippen molar-refractivity contribution in [1.29, 1.82) is 0 Å². The Morgan fingerprint density at radius 1 is 1.14 bits per heavy atom. The van der Waals surface area contributed by atoms with Gasteiger partial charge in [-0.2, -0.15) is 0 Å². The highest BCUT2D eigenvalue weighted by molar-refractivity contribution is 6.59. The molecule has 0 saturated heterocycles. The molecule has 0 radical (unpaired) electrons. The number of nitrogens with zero attached hydrogens (tertiary/aromatic N) is 1. The lowest BCUT2D eigenvalue weighted by Crippen LogP contribution is -2.31. The van der Waals surface area contributed by atoms with Gasteiger partial charge in [0.25, 0.3) is 0 Å². The quantitative estimate of drug-likeness (QED) is 0.747. The molecule has 0 aliphatic rings. The summed E-state index contributed by atoms with van der Waals surface area (Å²) in [6.07, 6.45) is 1.62. The average molecular weight is 289 g/mol. The van der Waals surface area contributed by atoms with E-state index in [1.54, 1.807) is 24.4 Å². The van der Waals surface area contributed by atoms with Crippen LogP contribution in [0.1, 0.15) is 5.56 Å². The second kappa shape index (κ2) is 6.96. The van der Waals surface area contributed by atoms with E-state index in [-0.39, 0.29) is 12.1 Å². The fourth-order valence-corrected chi connectivity index (χ4v) is 1.86. The molecule has 2 aromatic rings. The Bertz CT molecular complexity index is 606. The van der Waals surface area contributed by atoms with Gasteiger partial charge in [0.2, 0.25) is 5.88 Å². The summed E-state index contributed by atoms with van der Waals surface area (Å²) < 4.78 is 15.8. The first kappa shape index (κ1) is 15.1. The average Bonchev–Trinajstić information content (AvgIpc) is 2.52. The molecular weight excluding hydrogens is 273 g/mol. The molecule has 7 heteroatoms. The Hall–Kier alpha value is -2.25. The molecule has 1 heterocycles. The lowest BCUT2D eigenvalue weighted by Gasteiger charge is -2.13. The Labute approximate surface area is 123 Å². The van der Waals surface area contributed by atoms with Crippen molar-refractivity contribution < 1.29 is 24.3 Å². The second-order valence-corrected chi connectivity index (χ2v) is 4.24. The Kier molecular flexibility index (Phi) is 5.02. The molecule has 0 spiro atoms. The van der Waals surface area contributed by atoms with E-state index in [9.17, 15) is 10.0 Å². The molecule has 0 atom stereocenters. The predicted octanol–water partition coefficient (Wildman–Crippen LogP) is 0.358. The minimum atomic E-state index is -1.65. The van der Waals surface area contributed by atoms with Crippen LogP contribution in [0.5, 0.6) is 17.4 Å². The lowest BCUT2D eigenvalue weighted by molar-refractivity contribution is 0.294. The second-order valence-electron chi connectivity index (χ2n) is 4.24. The predicted molar refractivity (Wildman–Crippen MR) is 77.9 cm³/mol. The molecule has 2 N–H and O–H groups in total. The van der Waals surface area contributed by atoms with E-state index in [0.717, 1.165) is 5.56 Å². The largest absolute Gasteiger partial charge is 0.497 e. The molecule has 0 unspecified atom stereocenters. The number of pyridine rings is 1. The number of ether oxygens (including phenoxy) is 3. The zero-order chi connectivity index (χ0) is 15.2. The van der Waals surface area contributed by atoms with Crippen molar-refractivity contribution in [1.82, 2.24) is 4.98 Å². The van der Waals surface area contributed by atoms with Gasteiger partial charge in [-0.15, -0.1) is 0 Å². The first-order valence-electron chi connectivity index (χ1n) is 6.30. The van der Waals surface area contributed by atoms with Gasteiger partial charge in [-0.3, -0.25) is 0 Å². The lowest BCUT2D eigenvalue weighted by atomic mass is 9.79. The van der Waals surface area contributed by atoms with Crippen LogP contribution in [0.15, 0.2) is 36.5 Å². The Morgan fingerprint density at radius 3 is 2.62 bits per heavy atom. The van der Waals surface area contributed by atoms with Gasteiger partial charge in [-0.1, -0.05) is 0 Å². The summed E-state index contributed by atoms with van der Waals surface area (Å²) in [7, 11) is 1.39. The van der Waals surface area contributed by atoms with Crippen LogP contribution in [0.2, 0.25) is 0 Å². The number of methoxy groups -OCH3 is 2. The molecule has 0 aliphatic carbocycles. The van der Waals surface area contributed by atoms with Gasteiger partial charge in [0.05, 0.1) is 19.8 Å². The van der Waals surface area contributed by atoms with E-state index in [4.69, 9.17) is 14.2 Å².